The van der Waals surface area contributed by atoms with Gasteiger partial charge in [0.2, 0.25) is 0 Å². The van der Waals surface area contributed by atoms with E-state index >= 15 is 0 Å². The Morgan fingerprint density at radius 2 is 0.925 bits per heavy atom. The number of rotatable bonds is 9. The minimum absolute atomic E-state index is 0.735. The maximum atomic E-state index is 6.94. The van der Waals surface area contributed by atoms with Crippen LogP contribution in [-0.4, -0.2) is 21.3 Å². The van der Waals surface area contributed by atoms with E-state index in [1.54, 1.807) is 33.9 Å². The number of ether oxygens (including phenoxy) is 3. The molecule has 0 amide bonds. The molecular weight excluding hydrogens is 523 g/mol. The van der Waals surface area contributed by atoms with Gasteiger partial charge in [-0.25, -0.2) is 0 Å². The van der Waals surface area contributed by atoms with E-state index in [9.17, 15) is 0 Å². The SMILES string of the molecule is COc1ccc(-c2oc(P(c3ccco3)c3ccco3)c(-c3ccc(OC)cc3)c2-c2ccc(OC)cc2)cc1. The molecule has 6 rings (SSSR count). The van der Waals surface area contributed by atoms with E-state index in [2.05, 4.69) is 24.3 Å². The van der Waals surface area contributed by atoms with Crippen LogP contribution in [-0.2, 0) is 0 Å². The van der Waals surface area contributed by atoms with Crippen molar-refractivity contribution in [2.24, 2.45) is 0 Å². The molecule has 0 saturated carbocycles. The average Bonchev–Trinajstić information content (AvgIpc) is 3.81. The highest BCUT2D eigenvalue weighted by Crippen LogP contribution is 2.48. The van der Waals surface area contributed by atoms with Crippen molar-refractivity contribution in [3.63, 3.8) is 0 Å². The Morgan fingerprint density at radius 3 is 1.32 bits per heavy atom. The topological polar surface area (TPSA) is 67.1 Å². The molecule has 0 unspecified atom stereocenters. The van der Waals surface area contributed by atoms with Crippen molar-refractivity contribution in [1.82, 2.24) is 0 Å². The quantitative estimate of drug-likeness (QED) is 0.177. The van der Waals surface area contributed by atoms with Crippen molar-refractivity contribution in [2.75, 3.05) is 21.3 Å². The van der Waals surface area contributed by atoms with E-state index in [0.29, 0.717) is 0 Å². The lowest BCUT2D eigenvalue weighted by Crippen LogP contribution is -2.19. The summed E-state index contributed by atoms with van der Waals surface area (Å²) in [5.41, 5.74) is 7.11. The van der Waals surface area contributed by atoms with Crippen LogP contribution in [0.2, 0.25) is 0 Å². The van der Waals surface area contributed by atoms with Crippen LogP contribution in [0.5, 0.6) is 17.2 Å². The highest BCUT2D eigenvalue weighted by atomic mass is 31.1. The molecule has 0 radical (unpaired) electrons. The van der Waals surface area contributed by atoms with Crippen LogP contribution in [0.15, 0.2) is 123 Å². The molecule has 0 aliphatic carbocycles. The summed E-state index contributed by atoms with van der Waals surface area (Å²) in [7, 11) is 3.68. The van der Waals surface area contributed by atoms with E-state index in [1.807, 2.05) is 72.8 Å². The standard InChI is InChI=1S/C33H27O6P/c1-34-25-14-8-22(9-15-25)30-31(23-10-16-26(35-2)17-11-23)33(39-32(30)24-12-18-27(36-3)19-13-24)40(28-6-4-20-37-28)29-7-5-21-38-29/h4-21H,1-3H3. The second-order valence-electron chi connectivity index (χ2n) is 8.91. The number of benzene rings is 3. The van der Waals surface area contributed by atoms with E-state index in [0.717, 1.165) is 67.3 Å². The maximum Gasteiger partial charge on any atom is 0.150 e. The van der Waals surface area contributed by atoms with Crippen molar-refractivity contribution in [2.45, 2.75) is 0 Å². The van der Waals surface area contributed by atoms with Gasteiger partial charge in [-0.3, -0.25) is 0 Å². The average molecular weight is 551 g/mol. The van der Waals surface area contributed by atoms with E-state index in [4.69, 9.17) is 27.5 Å². The number of furan rings is 3. The Balaban J connectivity index is 1.68. The number of hydrogen-bond donors (Lipinski definition) is 0. The van der Waals surface area contributed by atoms with Crippen LogP contribution in [0.3, 0.4) is 0 Å². The smallest absolute Gasteiger partial charge is 0.150 e. The highest BCUT2D eigenvalue weighted by Gasteiger charge is 2.34. The number of methoxy groups -OCH3 is 3. The molecule has 0 spiro atoms. The summed E-state index contributed by atoms with van der Waals surface area (Å²) in [5, 5.41) is 0. The highest BCUT2D eigenvalue weighted by molar-refractivity contribution is 7.79. The molecule has 0 aliphatic heterocycles. The Morgan fingerprint density at radius 1 is 0.500 bits per heavy atom. The van der Waals surface area contributed by atoms with Gasteiger partial charge in [0.15, 0.2) is 0 Å². The van der Waals surface area contributed by atoms with Gasteiger partial charge in [0.25, 0.3) is 0 Å². The molecule has 0 aliphatic rings. The largest absolute Gasteiger partial charge is 0.497 e. The molecule has 200 valence electrons. The summed E-state index contributed by atoms with van der Waals surface area (Å²) >= 11 is 0. The summed E-state index contributed by atoms with van der Waals surface area (Å²) in [5.74, 6) is 3.05. The third-order valence-electron chi connectivity index (χ3n) is 6.66. The van der Waals surface area contributed by atoms with Gasteiger partial charge in [0.1, 0.15) is 47.4 Å². The van der Waals surface area contributed by atoms with Crippen molar-refractivity contribution in [3.05, 3.63) is 110 Å². The van der Waals surface area contributed by atoms with Crippen LogP contribution in [0.25, 0.3) is 33.6 Å². The second kappa shape index (κ2) is 11.2. The summed E-state index contributed by atoms with van der Waals surface area (Å²) in [6.45, 7) is 0. The van der Waals surface area contributed by atoms with Crippen LogP contribution in [0, 0.1) is 0 Å². The van der Waals surface area contributed by atoms with Gasteiger partial charge in [-0.05, 0) is 83.9 Å². The zero-order chi connectivity index (χ0) is 27.5. The molecule has 0 atom stereocenters. The Labute approximate surface area is 233 Å². The molecule has 0 bridgehead atoms. The molecule has 0 saturated heterocycles. The molecular formula is C33H27O6P. The predicted octanol–water partition coefficient (Wildman–Crippen LogP) is 7.25. The first-order valence-corrected chi connectivity index (χ1v) is 14.0. The van der Waals surface area contributed by atoms with E-state index in [1.165, 1.54) is 0 Å². The first-order valence-electron chi connectivity index (χ1n) is 12.7. The van der Waals surface area contributed by atoms with Gasteiger partial charge in [0, 0.05) is 16.7 Å². The van der Waals surface area contributed by atoms with Gasteiger partial charge < -0.3 is 27.5 Å². The van der Waals surface area contributed by atoms with Crippen molar-refractivity contribution in [3.8, 4) is 50.8 Å². The summed E-state index contributed by atoms with van der Waals surface area (Å²) in [4.78, 5) is 0. The molecule has 3 aromatic heterocycles. The molecule has 0 N–H and O–H groups in total. The lowest BCUT2D eigenvalue weighted by Gasteiger charge is -2.14. The molecule has 6 nitrogen and oxygen atoms in total. The van der Waals surface area contributed by atoms with E-state index in [-0.39, 0.29) is 0 Å². The first kappa shape index (κ1) is 25.6. The van der Waals surface area contributed by atoms with Gasteiger partial charge in [0.05, 0.1) is 33.9 Å². The molecule has 7 heteroatoms. The van der Waals surface area contributed by atoms with Crippen molar-refractivity contribution < 1.29 is 27.5 Å². The zero-order valence-electron chi connectivity index (χ0n) is 22.3. The normalized spacial score (nSPS) is 11.1. The summed E-state index contributed by atoms with van der Waals surface area (Å²) in [6.07, 6.45) is 3.36. The molecule has 3 heterocycles. The molecule has 6 aromatic rings. The van der Waals surface area contributed by atoms with Gasteiger partial charge >= 0.3 is 0 Å². The van der Waals surface area contributed by atoms with E-state index < -0.39 is 7.92 Å². The minimum atomic E-state index is -1.30. The maximum absolute atomic E-state index is 6.94. The van der Waals surface area contributed by atoms with Crippen LogP contribution >= 0.6 is 7.92 Å². The third kappa shape index (κ3) is 4.78. The molecule has 0 fully saturated rings. The molecule has 3 aromatic carbocycles. The van der Waals surface area contributed by atoms with Crippen LogP contribution in [0.4, 0.5) is 0 Å². The fourth-order valence-corrected chi connectivity index (χ4v) is 6.75. The van der Waals surface area contributed by atoms with Crippen molar-refractivity contribution >= 4 is 24.4 Å². The Hall–Kier alpha value is -4.67. The van der Waals surface area contributed by atoms with Crippen LogP contribution < -0.4 is 30.7 Å². The second-order valence-corrected chi connectivity index (χ2v) is 10.9. The lowest BCUT2D eigenvalue weighted by molar-refractivity contribution is 0.414. The first-order chi connectivity index (χ1) is 19.7. The monoisotopic (exact) mass is 550 g/mol. The Bertz CT molecular complexity index is 1630. The van der Waals surface area contributed by atoms with Gasteiger partial charge in [-0.15, -0.1) is 0 Å². The fourth-order valence-electron chi connectivity index (χ4n) is 4.68. The molecule has 40 heavy (non-hydrogen) atoms. The van der Waals surface area contributed by atoms with Gasteiger partial charge in [-0.1, -0.05) is 24.3 Å². The van der Waals surface area contributed by atoms with Gasteiger partial charge in [-0.2, -0.15) is 0 Å². The minimum Gasteiger partial charge on any atom is -0.497 e. The lowest BCUT2D eigenvalue weighted by atomic mass is 9.94. The fraction of sp³-hybridized carbons (Fsp3) is 0.0909. The zero-order valence-corrected chi connectivity index (χ0v) is 23.2. The summed E-state index contributed by atoms with van der Waals surface area (Å²) in [6, 6.07) is 31.6. The Kier molecular flexibility index (Phi) is 7.17. The van der Waals surface area contributed by atoms with Crippen LogP contribution in [0.1, 0.15) is 0 Å². The number of hydrogen-bond acceptors (Lipinski definition) is 6. The predicted molar refractivity (Wildman–Crippen MR) is 158 cm³/mol. The third-order valence-corrected chi connectivity index (χ3v) is 8.77. The summed E-state index contributed by atoms with van der Waals surface area (Å²) < 4.78 is 35.2. The van der Waals surface area contributed by atoms with Crippen molar-refractivity contribution in [1.29, 1.82) is 0 Å².